The molecule has 0 amide bonds. The third kappa shape index (κ3) is 4.24. The molecule has 0 aliphatic carbocycles. The van der Waals surface area contributed by atoms with Crippen molar-refractivity contribution in [2.75, 3.05) is 0 Å². The topological polar surface area (TPSA) is 13.1 Å². The van der Waals surface area contributed by atoms with Crippen molar-refractivity contribution >= 4 is 43.5 Å². The average Bonchev–Trinajstić information content (AvgIpc) is 3.53. The van der Waals surface area contributed by atoms with Crippen LogP contribution in [0, 0.1) is 0 Å². The number of benzene rings is 8. The first kappa shape index (κ1) is 20.9. The summed E-state index contributed by atoms with van der Waals surface area (Å²) in [5.74, 6) is 0. The van der Waals surface area contributed by atoms with Crippen LogP contribution in [0.5, 0.6) is 0 Å². The SMILES string of the molecule is [2H]c1c([2H])c([2H])c(-c2ccc(-c3c4ccccc4c(-c4ccc5c(c4)oc4ccc(-c6ccccc6)cc45)c4ccccc34)cc2)c([2H])c1[2H]. The van der Waals surface area contributed by atoms with E-state index in [1.54, 1.807) is 0 Å². The molecule has 9 rings (SSSR count). The maximum atomic E-state index is 8.46. The van der Waals surface area contributed by atoms with Gasteiger partial charge in [0.05, 0.1) is 6.85 Å². The van der Waals surface area contributed by atoms with Gasteiger partial charge in [-0.05, 0) is 90.3 Å². The van der Waals surface area contributed by atoms with Crippen molar-refractivity contribution in [3.63, 3.8) is 0 Å². The van der Waals surface area contributed by atoms with Gasteiger partial charge in [-0.1, -0.05) is 145 Å². The lowest BCUT2D eigenvalue weighted by Crippen LogP contribution is -1.91. The Bertz CT molecular complexity index is 2720. The molecule has 0 unspecified atom stereocenters. The van der Waals surface area contributed by atoms with E-state index in [2.05, 4.69) is 109 Å². The molecule has 0 radical (unpaired) electrons. The summed E-state index contributed by atoms with van der Waals surface area (Å²) in [5.41, 5.74) is 9.03. The Labute approximate surface area is 268 Å². The fourth-order valence-corrected chi connectivity index (χ4v) is 6.69. The van der Waals surface area contributed by atoms with E-state index >= 15 is 0 Å². The molecule has 1 heterocycles. The molecular formula is C44H28O. The molecule has 0 N–H and O–H groups in total. The lowest BCUT2D eigenvalue weighted by Gasteiger charge is -2.18. The van der Waals surface area contributed by atoms with Crippen LogP contribution in [0.15, 0.2) is 174 Å². The zero-order valence-electron chi connectivity index (χ0n) is 29.2. The van der Waals surface area contributed by atoms with Gasteiger partial charge in [-0.15, -0.1) is 0 Å². The van der Waals surface area contributed by atoms with Crippen molar-refractivity contribution in [1.82, 2.24) is 0 Å². The molecule has 0 spiro atoms. The van der Waals surface area contributed by atoms with Gasteiger partial charge in [0.2, 0.25) is 0 Å². The molecule has 0 aliphatic heterocycles. The van der Waals surface area contributed by atoms with E-state index in [1.807, 2.05) is 30.3 Å². The summed E-state index contributed by atoms with van der Waals surface area (Å²) in [6, 6.07) is 46.3. The van der Waals surface area contributed by atoms with E-state index in [4.69, 9.17) is 11.3 Å². The molecule has 0 aliphatic rings. The van der Waals surface area contributed by atoms with Crippen molar-refractivity contribution in [2.24, 2.45) is 0 Å². The first-order chi connectivity index (χ1) is 24.4. The quantitative estimate of drug-likeness (QED) is 0.190. The lowest BCUT2D eigenvalue weighted by atomic mass is 9.85. The monoisotopic (exact) mass is 577 g/mol. The molecule has 210 valence electrons. The molecule has 9 aromatic rings. The highest BCUT2D eigenvalue weighted by molar-refractivity contribution is 6.22. The summed E-state index contributed by atoms with van der Waals surface area (Å²) >= 11 is 0. The van der Waals surface area contributed by atoms with E-state index in [0.717, 1.165) is 71.3 Å². The van der Waals surface area contributed by atoms with Crippen LogP contribution in [-0.4, -0.2) is 0 Å². The lowest BCUT2D eigenvalue weighted by molar-refractivity contribution is 0.669. The van der Waals surface area contributed by atoms with Gasteiger partial charge in [0, 0.05) is 10.8 Å². The van der Waals surface area contributed by atoms with Crippen LogP contribution in [0.3, 0.4) is 0 Å². The average molecular weight is 578 g/mol. The number of furan rings is 1. The summed E-state index contributed by atoms with van der Waals surface area (Å²) in [6.45, 7) is 0. The predicted molar refractivity (Wildman–Crippen MR) is 190 cm³/mol. The number of hydrogen-bond donors (Lipinski definition) is 0. The predicted octanol–water partition coefficient (Wildman–Crippen LogP) is 12.6. The standard InChI is InChI=1S/C44H28O/c1-3-11-29(12-4-1)31-19-21-32(22-20-31)43-36-15-7-9-17-38(36)44(39-18-10-8-16-37(39)43)34-23-25-35-40-27-33(30-13-5-2-6-14-30)24-26-41(40)45-42(35)28-34/h1-28H/i1D,3D,4D,11D,12D. The minimum atomic E-state index is -0.393. The normalized spacial score (nSPS) is 13.1. The maximum absolute atomic E-state index is 8.46. The molecule has 1 nitrogen and oxygen atoms in total. The van der Waals surface area contributed by atoms with Crippen molar-refractivity contribution < 1.29 is 11.3 Å². The molecular weight excluding hydrogens is 544 g/mol. The highest BCUT2D eigenvalue weighted by Crippen LogP contribution is 2.45. The zero-order valence-corrected chi connectivity index (χ0v) is 24.2. The summed E-state index contributed by atoms with van der Waals surface area (Å²) < 4.78 is 47.6. The number of hydrogen-bond acceptors (Lipinski definition) is 1. The zero-order chi connectivity index (χ0) is 34.1. The van der Waals surface area contributed by atoms with Gasteiger partial charge >= 0.3 is 0 Å². The summed E-state index contributed by atoms with van der Waals surface area (Å²) in [6.07, 6.45) is 0. The van der Waals surface area contributed by atoms with E-state index < -0.39 is 6.04 Å². The second kappa shape index (κ2) is 10.4. The number of rotatable bonds is 4. The van der Waals surface area contributed by atoms with E-state index in [9.17, 15) is 0 Å². The Morgan fingerprint density at radius 1 is 0.333 bits per heavy atom. The molecule has 1 aromatic heterocycles. The third-order valence-electron chi connectivity index (χ3n) is 8.76. The minimum absolute atomic E-state index is 0.199. The molecule has 0 saturated carbocycles. The van der Waals surface area contributed by atoms with Crippen LogP contribution in [0.4, 0.5) is 0 Å². The molecule has 0 saturated heterocycles. The molecule has 1 heteroatoms. The van der Waals surface area contributed by atoms with Crippen molar-refractivity contribution in [3.05, 3.63) is 170 Å². The van der Waals surface area contributed by atoms with Gasteiger partial charge in [0.1, 0.15) is 11.2 Å². The van der Waals surface area contributed by atoms with Crippen LogP contribution in [0.1, 0.15) is 6.85 Å². The summed E-state index contributed by atoms with van der Waals surface area (Å²) in [4.78, 5) is 0. The molecule has 0 fully saturated rings. The van der Waals surface area contributed by atoms with Crippen LogP contribution in [0.2, 0.25) is 0 Å². The van der Waals surface area contributed by atoms with Crippen LogP contribution in [-0.2, 0) is 0 Å². The van der Waals surface area contributed by atoms with E-state index in [-0.39, 0.29) is 29.7 Å². The van der Waals surface area contributed by atoms with Crippen LogP contribution >= 0.6 is 0 Å². The van der Waals surface area contributed by atoms with Crippen LogP contribution in [0.25, 0.3) is 88.0 Å². The summed E-state index contributed by atoms with van der Waals surface area (Å²) in [5, 5.41) is 6.56. The fraction of sp³-hybridized carbons (Fsp3) is 0. The maximum Gasteiger partial charge on any atom is 0.136 e. The fourth-order valence-electron chi connectivity index (χ4n) is 6.69. The van der Waals surface area contributed by atoms with E-state index in [1.165, 1.54) is 5.56 Å². The first-order valence-electron chi connectivity index (χ1n) is 17.5. The largest absolute Gasteiger partial charge is 0.456 e. The van der Waals surface area contributed by atoms with Gasteiger partial charge in [-0.2, -0.15) is 0 Å². The molecule has 8 aromatic carbocycles. The Morgan fingerprint density at radius 3 is 1.53 bits per heavy atom. The molecule has 0 atom stereocenters. The van der Waals surface area contributed by atoms with Gasteiger partial charge in [-0.3, -0.25) is 0 Å². The molecule has 0 bridgehead atoms. The van der Waals surface area contributed by atoms with Crippen molar-refractivity contribution in [1.29, 1.82) is 0 Å². The van der Waals surface area contributed by atoms with Gasteiger partial charge < -0.3 is 4.42 Å². The van der Waals surface area contributed by atoms with Crippen molar-refractivity contribution in [3.8, 4) is 44.5 Å². The number of fused-ring (bicyclic) bond motifs is 5. The first-order valence-corrected chi connectivity index (χ1v) is 15.0. The van der Waals surface area contributed by atoms with Gasteiger partial charge in [0.25, 0.3) is 0 Å². The second-order valence-electron chi connectivity index (χ2n) is 11.3. The van der Waals surface area contributed by atoms with Crippen LogP contribution < -0.4 is 0 Å². The van der Waals surface area contributed by atoms with Gasteiger partial charge in [0.15, 0.2) is 0 Å². The van der Waals surface area contributed by atoms with Gasteiger partial charge in [-0.25, -0.2) is 0 Å². The third-order valence-corrected chi connectivity index (χ3v) is 8.76. The minimum Gasteiger partial charge on any atom is -0.456 e. The Kier molecular flexibility index (Phi) is 4.81. The van der Waals surface area contributed by atoms with E-state index in [0.29, 0.717) is 5.56 Å². The summed E-state index contributed by atoms with van der Waals surface area (Å²) in [7, 11) is 0. The van der Waals surface area contributed by atoms with Crippen molar-refractivity contribution in [2.45, 2.75) is 0 Å². The Morgan fingerprint density at radius 2 is 0.867 bits per heavy atom. The Hall–Kier alpha value is -5.92. The molecule has 45 heavy (non-hydrogen) atoms. The highest BCUT2D eigenvalue weighted by atomic mass is 16.3. The second-order valence-corrected chi connectivity index (χ2v) is 11.3. The smallest absolute Gasteiger partial charge is 0.136 e. The Balaban J connectivity index is 1.21. The highest BCUT2D eigenvalue weighted by Gasteiger charge is 2.18.